The average molecular weight is 483 g/mol. The van der Waals surface area contributed by atoms with Crippen LogP contribution in [-0.4, -0.2) is 52.2 Å². The number of hydrogen-bond donors (Lipinski definition) is 2. The zero-order chi connectivity index (χ0) is 25.1. The maximum Gasteiger partial charge on any atom is 0.354 e. The predicted molar refractivity (Wildman–Crippen MR) is 132 cm³/mol. The minimum absolute atomic E-state index is 0.0715. The highest BCUT2D eigenvalue weighted by molar-refractivity contribution is 5.87. The van der Waals surface area contributed by atoms with Gasteiger partial charge in [-0.1, -0.05) is 19.8 Å². The fourth-order valence-corrected chi connectivity index (χ4v) is 4.87. The Morgan fingerprint density at radius 3 is 2.34 bits per heavy atom. The van der Waals surface area contributed by atoms with Gasteiger partial charge in [0.25, 0.3) is 0 Å². The maximum atomic E-state index is 11.8. The van der Waals surface area contributed by atoms with Gasteiger partial charge in [0.1, 0.15) is 17.6 Å². The summed E-state index contributed by atoms with van der Waals surface area (Å²) in [6.07, 6.45) is 3.73. The van der Waals surface area contributed by atoms with Crippen molar-refractivity contribution >= 4 is 11.5 Å². The lowest BCUT2D eigenvalue weighted by Crippen LogP contribution is -2.29. The Morgan fingerprint density at radius 1 is 1.11 bits per heavy atom. The molecule has 8 heteroatoms. The monoisotopic (exact) mass is 482 g/mol. The fourth-order valence-electron chi connectivity index (χ4n) is 4.87. The van der Waals surface area contributed by atoms with Crippen LogP contribution in [0.2, 0.25) is 0 Å². The third-order valence-corrected chi connectivity index (χ3v) is 6.85. The van der Waals surface area contributed by atoms with Gasteiger partial charge in [-0.25, -0.2) is 9.31 Å². The van der Waals surface area contributed by atoms with Gasteiger partial charge >= 0.3 is 5.97 Å². The summed E-state index contributed by atoms with van der Waals surface area (Å²) in [6, 6.07) is 9.10. The van der Waals surface area contributed by atoms with E-state index in [1.807, 2.05) is 38.1 Å². The van der Waals surface area contributed by atoms with Crippen LogP contribution in [0, 0.1) is 6.92 Å². The summed E-state index contributed by atoms with van der Waals surface area (Å²) in [5, 5.41) is 25.7. The molecule has 1 aromatic carbocycles. The largest absolute Gasteiger partial charge is 0.496 e. The molecule has 1 aliphatic carbocycles. The number of hydrogen-bond acceptors (Lipinski definition) is 6. The van der Waals surface area contributed by atoms with Gasteiger partial charge in [-0.2, -0.15) is 5.10 Å². The number of carbonyl (C=O) groups is 1. The second kappa shape index (κ2) is 10.7. The second-order valence-corrected chi connectivity index (χ2v) is 9.16. The first-order valence-electron chi connectivity index (χ1n) is 12.2. The molecule has 4 rings (SSSR count). The first-order valence-corrected chi connectivity index (χ1v) is 12.2. The lowest BCUT2D eigenvalue weighted by atomic mass is 9.98. The first kappa shape index (κ1) is 25.0. The number of benzene rings is 1. The highest BCUT2D eigenvalue weighted by Crippen LogP contribution is 2.35. The average Bonchev–Trinajstić information content (AvgIpc) is 3.51. The van der Waals surface area contributed by atoms with Crippen LogP contribution in [0.1, 0.15) is 71.6 Å². The summed E-state index contributed by atoms with van der Waals surface area (Å²) in [4.78, 5) is 11.8. The number of aryl methyl sites for hydroxylation is 1. The molecule has 0 unspecified atom stereocenters. The third kappa shape index (κ3) is 5.28. The van der Waals surface area contributed by atoms with E-state index in [-0.39, 0.29) is 11.8 Å². The molecule has 2 aromatic heterocycles. The quantitative estimate of drug-likeness (QED) is 0.438. The van der Waals surface area contributed by atoms with Crippen LogP contribution in [-0.2, 0) is 17.6 Å². The Hall–Kier alpha value is -3.10. The van der Waals surface area contributed by atoms with Crippen LogP contribution >= 0.6 is 0 Å². The number of aliphatic hydroxyl groups excluding tert-OH is 1. The summed E-state index contributed by atoms with van der Waals surface area (Å²) in [5.74, 6) is 0.227. The zero-order valence-electron chi connectivity index (χ0n) is 20.8. The molecule has 0 amide bonds. The van der Waals surface area contributed by atoms with Crippen molar-refractivity contribution in [3.05, 3.63) is 58.4 Å². The van der Waals surface area contributed by atoms with E-state index in [1.54, 1.807) is 20.3 Å². The van der Waals surface area contributed by atoms with Crippen LogP contribution in [0.5, 0.6) is 11.5 Å². The van der Waals surface area contributed by atoms with E-state index >= 15 is 0 Å². The maximum absolute atomic E-state index is 11.8. The normalized spacial score (nSPS) is 15.9. The van der Waals surface area contributed by atoms with Crippen LogP contribution in [0.15, 0.2) is 30.3 Å². The molecule has 188 valence electrons. The molecule has 2 atom stereocenters. The van der Waals surface area contributed by atoms with Crippen molar-refractivity contribution < 1.29 is 29.2 Å². The first-order chi connectivity index (χ1) is 16.8. The summed E-state index contributed by atoms with van der Waals surface area (Å²) >= 11 is 0. The number of aromatic nitrogens is 2. The molecule has 2 heterocycles. The van der Waals surface area contributed by atoms with E-state index in [0.717, 1.165) is 43.2 Å². The van der Waals surface area contributed by atoms with E-state index in [0.29, 0.717) is 34.7 Å². The molecule has 0 radical (unpaired) electrons. The molecule has 3 aromatic rings. The van der Waals surface area contributed by atoms with Gasteiger partial charge in [-0.3, -0.25) is 0 Å². The topological polar surface area (TPSA) is 103 Å². The Balaban J connectivity index is 1.70. The molecule has 1 saturated carbocycles. The number of pyridine rings is 1. The number of carboxylic acids is 1. The van der Waals surface area contributed by atoms with Crippen LogP contribution in [0.25, 0.3) is 5.52 Å². The highest BCUT2D eigenvalue weighted by atomic mass is 16.5. The number of ether oxygens (including phenoxy) is 3. The molecule has 2 N–H and O–H groups in total. The van der Waals surface area contributed by atoms with Crippen molar-refractivity contribution in [3.63, 3.8) is 0 Å². The van der Waals surface area contributed by atoms with Gasteiger partial charge in [0, 0.05) is 12.0 Å². The highest BCUT2D eigenvalue weighted by Gasteiger charge is 2.29. The smallest absolute Gasteiger partial charge is 0.354 e. The Bertz CT molecular complexity index is 1170. The Kier molecular flexibility index (Phi) is 7.62. The summed E-state index contributed by atoms with van der Waals surface area (Å²) in [5.41, 5.74) is 3.91. The molecule has 0 bridgehead atoms. The molecule has 0 saturated heterocycles. The van der Waals surface area contributed by atoms with Crippen LogP contribution in [0.4, 0.5) is 0 Å². The van der Waals surface area contributed by atoms with E-state index < -0.39 is 18.2 Å². The second-order valence-electron chi connectivity index (χ2n) is 9.16. The molecular formula is C27H34N2O6. The number of aromatic carboxylic acids is 1. The van der Waals surface area contributed by atoms with Crippen molar-refractivity contribution in [2.45, 2.75) is 70.7 Å². The molecular weight excluding hydrogens is 448 g/mol. The minimum atomic E-state index is -1.03. The van der Waals surface area contributed by atoms with Crippen molar-refractivity contribution in [2.24, 2.45) is 0 Å². The van der Waals surface area contributed by atoms with E-state index in [9.17, 15) is 15.0 Å². The molecule has 8 nitrogen and oxygen atoms in total. The van der Waals surface area contributed by atoms with Crippen LogP contribution < -0.4 is 9.47 Å². The van der Waals surface area contributed by atoms with Crippen molar-refractivity contribution in [1.29, 1.82) is 0 Å². The molecule has 1 fully saturated rings. The van der Waals surface area contributed by atoms with Gasteiger partial charge in [-0.15, -0.1) is 0 Å². The minimum Gasteiger partial charge on any atom is -0.496 e. The predicted octanol–water partition coefficient (Wildman–Crippen LogP) is 4.52. The Labute approximate surface area is 205 Å². The Morgan fingerprint density at radius 2 is 1.77 bits per heavy atom. The lowest BCUT2D eigenvalue weighted by Gasteiger charge is -2.27. The summed E-state index contributed by atoms with van der Waals surface area (Å²) < 4.78 is 18.9. The standard InChI is InChI=1S/C27H34N2O6/c1-5-17-10-20-14-19(28-29(20)22(11-17)27(31)32)15-25(35-21-8-6-7-9-21)26(30)18-12-23(33-3)16(2)24(13-18)34-4/h10-14,21,25-26,30H,5-9,15H2,1-4H3,(H,31,32)/t25-,26+/m0/s1. The third-order valence-electron chi connectivity index (χ3n) is 6.85. The fraction of sp³-hybridized carbons (Fsp3) is 0.481. The molecule has 1 aliphatic rings. The zero-order valence-corrected chi connectivity index (χ0v) is 20.8. The van der Waals surface area contributed by atoms with Gasteiger partial charge in [0.15, 0.2) is 5.69 Å². The molecule has 35 heavy (non-hydrogen) atoms. The van der Waals surface area contributed by atoms with Gasteiger partial charge < -0.3 is 24.4 Å². The number of rotatable bonds is 10. The number of aliphatic hydroxyl groups is 1. The van der Waals surface area contributed by atoms with Crippen molar-refractivity contribution in [3.8, 4) is 11.5 Å². The van der Waals surface area contributed by atoms with Gasteiger partial charge in [0.05, 0.1) is 37.6 Å². The van der Waals surface area contributed by atoms with Gasteiger partial charge in [-0.05, 0) is 67.6 Å². The van der Waals surface area contributed by atoms with Crippen molar-refractivity contribution in [2.75, 3.05) is 14.2 Å². The number of carboxylic acid groups (broad SMARTS) is 1. The summed E-state index contributed by atoms with van der Waals surface area (Å²) in [7, 11) is 3.18. The van der Waals surface area contributed by atoms with E-state index in [2.05, 4.69) is 5.10 Å². The SMILES string of the molecule is CCc1cc(C(=O)O)n2nc(C[C@H](OC3CCCC3)[C@H](O)c3cc(OC)c(C)c(OC)c3)cc2c1. The number of fused-ring (bicyclic) bond motifs is 1. The number of nitrogens with zero attached hydrogens (tertiary/aromatic N) is 2. The lowest BCUT2D eigenvalue weighted by molar-refractivity contribution is -0.0757. The van der Waals surface area contributed by atoms with Gasteiger partial charge in [0.2, 0.25) is 0 Å². The van der Waals surface area contributed by atoms with Crippen molar-refractivity contribution in [1.82, 2.24) is 9.61 Å². The van der Waals surface area contributed by atoms with E-state index in [1.165, 1.54) is 4.52 Å². The number of methoxy groups -OCH3 is 2. The molecule has 0 spiro atoms. The summed E-state index contributed by atoms with van der Waals surface area (Å²) in [6.45, 7) is 3.89. The van der Waals surface area contributed by atoms with Crippen LogP contribution in [0.3, 0.4) is 0 Å². The molecule has 0 aliphatic heterocycles. The van der Waals surface area contributed by atoms with E-state index in [4.69, 9.17) is 14.2 Å².